The highest BCUT2D eigenvalue weighted by atomic mass is 32.2. The van der Waals surface area contributed by atoms with Gasteiger partial charge in [-0.15, -0.1) is 0 Å². The molecule has 42 heavy (non-hydrogen) atoms. The first-order valence-corrected chi connectivity index (χ1v) is 15.3. The molecule has 0 spiro atoms. The predicted molar refractivity (Wildman–Crippen MR) is 162 cm³/mol. The zero-order chi connectivity index (χ0) is 29.3. The summed E-state index contributed by atoms with van der Waals surface area (Å²) in [5.74, 6) is 0.325. The number of urea groups is 1. The number of thioether (sulfide) groups is 1. The number of nitrogens with one attached hydrogen (secondary N) is 6. The average molecular weight is 590 g/mol. The van der Waals surface area contributed by atoms with Crippen LogP contribution >= 0.6 is 11.8 Å². The number of aromatic amines is 1. The highest BCUT2D eigenvalue weighted by molar-refractivity contribution is 8.00. The topological polar surface area (TPSA) is 157 Å². The molecule has 0 aliphatic carbocycles. The van der Waals surface area contributed by atoms with Crippen molar-refractivity contribution in [2.45, 2.75) is 49.4 Å². The fourth-order valence-electron chi connectivity index (χ4n) is 5.12. The fourth-order valence-corrected chi connectivity index (χ4v) is 6.66. The monoisotopic (exact) mass is 589 g/mol. The molecule has 1 aromatic heterocycles. The summed E-state index contributed by atoms with van der Waals surface area (Å²) in [5.41, 5.74) is 3.01. The third-order valence-electron chi connectivity index (χ3n) is 7.31. The largest absolute Gasteiger partial charge is 0.352 e. The minimum Gasteiger partial charge on any atom is -0.352 e. The summed E-state index contributed by atoms with van der Waals surface area (Å²) in [5, 5.41) is 21.8. The van der Waals surface area contributed by atoms with Crippen molar-refractivity contribution in [2.24, 2.45) is 0 Å². The van der Waals surface area contributed by atoms with Gasteiger partial charge < -0.3 is 26.6 Å². The number of nitrogens with zero attached hydrogens (tertiary/aromatic N) is 1. The molecule has 2 aliphatic rings. The summed E-state index contributed by atoms with van der Waals surface area (Å²) in [4.78, 5) is 49.0. The van der Waals surface area contributed by atoms with E-state index in [0.29, 0.717) is 53.8 Å². The van der Waals surface area contributed by atoms with Gasteiger partial charge in [0.05, 0.1) is 17.8 Å². The smallest absolute Gasteiger partial charge is 0.315 e. The number of unbranched alkanes of at least 4 members (excludes halogenated alkanes) is 1. The Morgan fingerprint density at radius 3 is 2.55 bits per heavy atom. The van der Waals surface area contributed by atoms with E-state index >= 15 is 0 Å². The third kappa shape index (κ3) is 7.69. The number of fused-ring (bicyclic) bond motifs is 1. The molecule has 0 unspecified atom stereocenters. The van der Waals surface area contributed by atoms with Gasteiger partial charge in [-0.1, -0.05) is 42.8 Å². The lowest BCUT2D eigenvalue weighted by molar-refractivity contribution is -0.116. The molecule has 5 rings (SSSR count). The Hall–Kier alpha value is -4.32. The summed E-state index contributed by atoms with van der Waals surface area (Å²) in [6, 6.07) is 18.4. The van der Waals surface area contributed by atoms with E-state index in [1.807, 2.05) is 42.1 Å². The maximum Gasteiger partial charge on any atom is 0.315 e. The molecule has 2 saturated heterocycles. The zero-order valence-electron chi connectivity index (χ0n) is 23.2. The van der Waals surface area contributed by atoms with Crippen LogP contribution in [0.2, 0.25) is 0 Å². The number of hydrogen-bond acceptors (Lipinski definition) is 6. The van der Waals surface area contributed by atoms with E-state index in [-0.39, 0.29) is 35.8 Å². The minimum atomic E-state index is -0.259. The first kappa shape index (κ1) is 29.2. The fraction of sp³-hybridized carbons (Fsp3) is 0.367. The van der Waals surface area contributed by atoms with Crippen LogP contribution in [0, 0.1) is 0 Å². The molecule has 2 fully saturated rings. The highest BCUT2D eigenvalue weighted by Gasteiger charge is 2.42. The number of rotatable bonds is 13. The molecule has 0 saturated carbocycles. The van der Waals surface area contributed by atoms with Gasteiger partial charge in [0, 0.05) is 47.3 Å². The quantitative estimate of drug-likeness (QED) is 0.133. The maximum absolute atomic E-state index is 12.6. The molecule has 5 amide bonds. The Balaban J connectivity index is 0.967. The van der Waals surface area contributed by atoms with Crippen molar-refractivity contribution < 1.29 is 19.2 Å². The van der Waals surface area contributed by atoms with Crippen LogP contribution in [0.15, 0.2) is 60.7 Å². The first-order valence-electron chi connectivity index (χ1n) is 14.2. The Morgan fingerprint density at radius 2 is 1.71 bits per heavy atom. The number of H-pyrrole nitrogens is 1. The molecule has 3 atom stereocenters. The standard InChI is InChI=1S/C30H35N7O4S/c38-26(13-5-4-12-25-27-24(18-42-25)34-30(41)35-27)33-21-11-6-10-20(16-21)28(39)31-14-7-15-32-29(40)23-17-22(36-37-23)19-8-2-1-3-9-19/h1-3,6,8-11,16-17,24-25,27H,4-5,7,12-15,18H2,(H,31,39)(H,32,40)(H,33,38)(H,36,37)(H2,34,35,41)/t24-,25-,27-/m1/s1. The lowest BCUT2D eigenvalue weighted by Crippen LogP contribution is -2.36. The number of carbonyl (C=O) groups is 4. The molecule has 3 heterocycles. The van der Waals surface area contributed by atoms with Crippen molar-refractivity contribution >= 4 is 41.2 Å². The summed E-state index contributed by atoms with van der Waals surface area (Å²) in [7, 11) is 0. The van der Waals surface area contributed by atoms with Crippen LogP contribution in [0.25, 0.3) is 11.3 Å². The van der Waals surface area contributed by atoms with Crippen LogP contribution in [-0.4, -0.2) is 70.1 Å². The molecular weight excluding hydrogens is 554 g/mol. The molecule has 12 heteroatoms. The number of aromatic nitrogens is 2. The van der Waals surface area contributed by atoms with Crippen molar-refractivity contribution in [1.29, 1.82) is 0 Å². The lowest BCUT2D eigenvalue weighted by atomic mass is 10.0. The molecule has 220 valence electrons. The molecule has 0 radical (unpaired) electrons. The molecule has 6 N–H and O–H groups in total. The van der Waals surface area contributed by atoms with Gasteiger partial charge in [-0.25, -0.2) is 4.79 Å². The number of benzene rings is 2. The molecule has 3 aromatic rings. The second-order valence-electron chi connectivity index (χ2n) is 10.4. The summed E-state index contributed by atoms with van der Waals surface area (Å²) in [6.07, 6.45) is 3.57. The van der Waals surface area contributed by atoms with Gasteiger partial charge in [-0.2, -0.15) is 16.9 Å². The van der Waals surface area contributed by atoms with E-state index < -0.39 is 0 Å². The van der Waals surface area contributed by atoms with Gasteiger partial charge in [0.1, 0.15) is 5.69 Å². The minimum absolute atomic E-state index is 0.0849. The van der Waals surface area contributed by atoms with Gasteiger partial charge in [0.15, 0.2) is 0 Å². The van der Waals surface area contributed by atoms with Crippen LogP contribution in [-0.2, 0) is 4.79 Å². The van der Waals surface area contributed by atoms with Crippen LogP contribution in [0.5, 0.6) is 0 Å². The predicted octanol–water partition coefficient (Wildman–Crippen LogP) is 3.29. The van der Waals surface area contributed by atoms with Gasteiger partial charge in [-0.05, 0) is 43.5 Å². The van der Waals surface area contributed by atoms with E-state index in [9.17, 15) is 19.2 Å². The van der Waals surface area contributed by atoms with Crippen LogP contribution in [0.4, 0.5) is 10.5 Å². The van der Waals surface area contributed by atoms with Crippen LogP contribution < -0.4 is 26.6 Å². The third-order valence-corrected chi connectivity index (χ3v) is 8.81. The SMILES string of the molecule is O=C(CCCC[C@H]1SC[C@H]2NC(=O)N[C@H]21)Nc1cccc(C(=O)NCCCNC(=O)c2cc(-c3ccccc3)n[nH]2)c1. The normalized spacial score (nSPS) is 19.0. The zero-order valence-corrected chi connectivity index (χ0v) is 24.0. The van der Waals surface area contributed by atoms with Crippen LogP contribution in [0.3, 0.4) is 0 Å². The van der Waals surface area contributed by atoms with Gasteiger partial charge in [0.25, 0.3) is 11.8 Å². The number of hydrogen-bond donors (Lipinski definition) is 6. The summed E-state index contributed by atoms with van der Waals surface area (Å²) >= 11 is 1.87. The van der Waals surface area contributed by atoms with E-state index in [1.165, 1.54) is 0 Å². The van der Waals surface area contributed by atoms with Gasteiger partial charge >= 0.3 is 6.03 Å². The number of amides is 5. The maximum atomic E-state index is 12.6. The Kier molecular flexibility index (Phi) is 9.75. The Labute approximate surface area is 248 Å². The highest BCUT2D eigenvalue weighted by Crippen LogP contribution is 2.33. The van der Waals surface area contributed by atoms with Crippen LogP contribution in [0.1, 0.15) is 53.0 Å². The van der Waals surface area contributed by atoms with Crippen molar-refractivity contribution in [1.82, 2.24) is 31.5 Å². The van der Waals surface area contributed by atoms with E-state index in [4.69, 9.17) is 0 Å². The van der Waals surface area contributed by atoms with Gasteiger partial charge in [0.2, 0.25) is 5.91 Å². The Bertz CT molecular complexity index is 1410. The second kappa shape index (κ2) is 14.0. The van der Waals surface area contributed by atoms with Crippen molar-refractivity contribution in [3.63, 3.8) is 0 Å². The average Bonchev–Trinajstić information content (AvgIpc) is 3.72. The molecule has 2 aliphatic heterocycles. The van der Waals surface area contributed by atoms with E-state index in [1.54, 1.807) is 30.3 Å². The van der Waals surface area contributed by atoms with Crippen molar-refractivity contribution in [2.75, 3.05) is 24.2 Å². The second-order valence-corrected chi connectivity index (χ2v) is 11.7. The molecule has 2 aromatic carbocycles. The van der Waals surface area contributed by atoms with Crippen molar-refractivity contribution in [3.8, 4) is 11.3 Å². The molecule has 11 nitrogen and oxygen atoms in total. The summed E-state index contributed by atoms with van der Waals surface area (Å²) < 4.78 is 0. The van der Waals surface area contributed by atoms with Crippen molar-refractivity contribution in [3.05, 3.63) is 71.9 Å². The Morgan fingerprint density at radius 1 is 0.905 bits per heavy atom. The number of anilines is 1. The number of carbonyl (C=O) groups excluding carboxylic acids is 4. The van der Waals surface area contributed by atoms with E-state index in [2.05, 4.69) is 36.8 Å². The molecule has 0 bridgehead atoms. The summed E-state index contributed by atoms with van der Waals surface area (Å²) in [6.45, 7) is 0.773. The van der Waals surface area contributed by atoms with E-state index in [0.717, 1.165) is 30.6 Å². The lowest BCUT2D eigenvalue weighted by Gasteiger charge is -2.16. The van der Waals surface area contributed by atoms with Gasteiger partial charge in [-0.3, -0.25) is 19.5 Å². The first-order chi connectivity index (χ1) is 20.5. The molecular formula is C30H35N7O4S.